The number of aromatic nitrogens is 3. The zero-order valence-electron chi connectivity index (χ0n) is 15.4. The quantitative estimate of drug-likeness (QED) is 0.840. The Labute approximate surface area is 162 Å². The van der Waals surface area contributed by atoms with Crippen molar-refractivity contribution in [2.24, 2.45) is 5.41 Å². The lowest BCUT2D eigenvalue weighted by Gasteiger charge is -2.54. The highest BCUT2D eigenvalue weighted by atomic mass is 32.1. The molecule has 0 atom stereocenters. The molecule has 8 nitrogen and oxygen atoms in total. The lowest BCUT2D eigenvalue weighted by Crippen LogP contribution is -2.62. The molecule has 2 amide bonds. The third kappa shape index (κ3) is 3.69. The predicted octanol–water partition coefficient (Wildman–Crippen LogP) is 1.54. The molecule has 2 saturated heterocycles. The monoisotopic (exact) mass is 388 g/mol. The molecule has 0 bridgehead atoms. The maximum Gasteiger partial charge on any atom is 0.265 e. The van der Waals surface area contributed by atoms with E-state index in [9.17, 15) is 9.59 Å². The zero-order valence-corrected chi connectivity index (χ0v) is 16.2. The van der Waals surface area contributed by atoms with Crippen molar-refractivity contribution in [2.45, 2.75) is 25.8 Å². The van der Waals surface area contributed by atoms with E-state index in [1.165, 1.54) is 11.3 Å². The first kappa shape index (κ1) is 18.0. The molecule has 2 aromatic heterocycles. The van der Waals surface area contributed by atoms with Crippen LogP contribution in [0.15, 0.2) is 24.9 Å². The number of nitrogens with one attached hydrogen (secondary N) is 1. The number of likely N-dealkylation sites (tertiary alicyclic amines) is 2. The number of nitrogens with zero attached hydrogens (tertiary/aromatic N) is 5. The van der Waals surface area contributed by atoms with E-state index in [0.717, 1.165) is 44.2 Å². The summed E-state index contributed by atoms with van der Waals surface area (Å²) in [6.07, 6.45) is 9.41. The van der Waals surface area contributed by atoms with E-state index >= 15 is 0 Å². The Morgan fingerprint density at radius 1 is 1.26 bits per heavy atom. The van der Waals surface area contributed by atoms with Gasteiger partial charge in [-0.05, 0) is 12.8 Å². The average Bonchev–Trinajstić information content (AvgIpc) is 3.35. The summed E-state index contributed by atoms with van der Waals surface area (Å²) in [6, 6.07) is 0. The van der Waals surface area contributed by atoms with Crippen LogP contribution < -0.4 is 5.32 Å². The highest BCUT2D eigenvalue weighted by molar-refractivity contribution is 7.17. The average molecular weight is 388 g/mol. The molecule has 9 heteroatoms. The third-order valence-electron chi connectivity index (χ3n) is 5.59. The summed E-state index contributed by atoms with van der Waals surface area (Å²) in [6.45, 7) is 3.82. The van der Waals surface area contributed by atoms with Gasteiger partial charge in [-0.15, -0.1) is 0 Å². The molecule has 0 aromatic carbocycles. The van der Waals surface area contributed by atoms with Crippen LogP contribution in [0.2, 0.25) is 0 Å². The lowest BCUT2D eigenvalue weighted by atomic mass is 9.72. The Morgan fingerprint density at radius 2 is 2.04 bits per heavy atom. The van der Waals surface area contributed by atoms with Gasteiger partial charge in [-0.1, -0.05) is 11.3 Å². The lowest BCUT2D eigenvalue weighted by molar-refractivity contribution is -0.146. The first-order valence-electron chi connectivity index (χ1n) is 9.25. The highest BCUT2D eigenvalue weighted by Gasteiger charge is 2.47. The molecule has 4 rings (SSSR count). The highest BCUT2D eigenvalue weighted by Crippen LogP contribution is 2.41. The maximum atomic E-state index is 12.6. The second kappa shape index (κ2) is 7.30. The number of carbonyl (C=O) groups excluding carboxylic acids is 2. The molecular formula is C18H24N6O2S. The van der Waals surface area contributed by atoms with Crippen LogP contribution in [-0.2, 0) is 11.3 Å². The molecule has 27 heavy (non-hydrogen) atoms. The summed E-state index contributed by atoms with van der Waals surface area (Å²) in [5.74, 6) is 0.272. The Hall–Kier alpha value is -2.42. The minimum atomic E-state index is 0.0661. The summed E-state index contributed by atoms with van der Waals surface area (Å²) in [5.41, 5.74) is 0.200. The summed E-state index contributed by atoms with van der Waals surface area (Å²) in [7, 11) is 1.80. The van der Waals surface area contributed by atoms with Gasteiger partial charge in [0.1, 0.15) is 4.88 Å². The number of rotatable bonds is 5. The summed E-state index contributed by atoms with van der Waals surface area (Å²) < 4.78 is 1.93. The largest absolute Gasteiger partial charge is 0.365 e. The van der Waals surface area contributed by atoms with Crippen molar-refractivity contribution in [3.8, 4) is 0 Å². The minimum absolute atomic E-state index is 0.0661. The number of amides is 2. The van der Waals surface area contributed by atoms with Gasteiger partial charge in [-0.25, -0.2) is 9.97 Å². The first-order valence-corrected chi connectivity index (χ1v) is 10.1. The van der Waals surface area contributed by atoms with E-state index in [0.29, 0.717) is 17.8 Å². The van der Waals surface area contributed by atoms with Crippen molar-refractivity contribution >= 4 is 28.3 Å². The van der Waals surface area contributed by atoms with Crippen LogP contribution in [0.3, 0.4) is 0 Å². The molecular weight excluding hydrogens is 364 g/mol. The summed E-state index contributed by atoms with van der Waals surface area (Å²) >= 11 is 1.39. The van der Waals surface area contributed by atoms with Crippen LogP contribution >= 0.6 is 11.3 Å². The number of carbonyl (C=O) groups is 2. The molecule has 0 saturated carbocycles. The minimum Gasteiger partial charge on any atom is -0.365 e. The molecule has 2 aliphatic heterocycles. The standard InChI is InChI=1S/C18H24N6O2S/c1-19-17-21-10-14(27-17)16(26)23-7-3-18(4-8-23)11-24(12-18)15(25)2-6-22-9-5-20-13-22/h5,9-10,13H,2-4,6-8,11-12H2,1H3,(H,19,21). The fourth-order valence-corrected chi connectivity index (χ4v) is 4.62. The van der Waals surface area contributed by atoms with Gasteiger partial charge in [0.2, 0.25) is 5.91 Å². The van der Waals surface area contributed by atoms with E-state index in [-0.39, 0.29) is 17.2 Å². The van der Waals surface area contributed by atoms with Crippen molar-refractivity contribution in [1.29, 1.82) is 0 Å². The second-order valence-corrected chi connectivity index (χ2v) is 8.40. The van der Waals surface area contributed by atoms with Crippen molar-refractivity contribution in [3.05, 3.63) is 29.8 Å². The zero-order chi connectivity index (χ0) is 18.9. The topological polar surface area (TPSA) is 83.4 Å². The summed E-state index contributed by atoms with van der Waals surface area (Å²) in [5, 5.41) is 3.73. The molecule has 4 heterocycles. The van der Waals surface area contributed by atoms with Gasteiger partial charge in [-0.3, -0.25) is 9.59 Å². The van der Waals surface area contributed by atoms with Crippen molar-refractivity contribution in [2.75, 3.05) is 38.5 Å². The van der Waals surface area contributed by atoms with Crippen LogP contribution in [-0.4, -0.2) is 69.4 Å². The number of anilines is 1. The normalized spacial score (nSPS) is 18.4. The van der Waals surface area contributed by atoms with E-state index in [1.807, 2.05) is 20.6 Å². The van der Waals surface area contributed by atoms with Gasteiger partial charge in [-0.2, -0.15) is 0 Å². The van der Waals surface area contributed by atoms with Crippen LogP contribution in [0.4, 0.5) is 5.13 Å². The Bertz CT molecular complexity index is 802. The molecule has 2 aliphatic rings. The van der Waals surface area contributed by atoms with Gasteiger partial charge in [0.05, 0.1) is 12.5 Å². The SMILES string of the molecule is CNc1ncc(C(=O)N2CCC3(CC2)CN(C(=O)CCn2ccnc2)C3)s1. The Kier molecular flexibility index (Phi) is 4.86. The van der Waals surface area contributed by atoms with Crippen molar-refractivity contribution < 1.29 is 9.59 Å². The van der Waals surface area contributed by atoms with Crippen LogP contribution in [0, 0.1) is 5.41 Å². The third-order valence-corrected chi connectivity index (χ3v) is 6.59. The number of thiazole rings is 1. The van der Waals surface area contributed by atoms with Gasteiger partial charge >= 0.3 is 0 Å². The maximum absolute atomic E-state index is 12.6. The van der Waals surface area contributed by atoms with Gasteiger partial charge in [0, 0.05) is 64.0 Å². The molecule has 2 fully saturated rings. The second-order valence-electron chi connectivity index (χ2n) is 7.37. The molecule has 144 valence electrons. The van der Waals surface area contributed by atoms with E-state index < -0.39 is 0 Å². The van der Waals surface area contributed by atoms with Crippen LogP contribution in [0.1, 0.15) is 28.9 Å². The Morgan fingerprint density at radius 3 is 2.67 bits per heavy atom. The number of hydrogen-bond donors (Lipinski definition) is 1. The van der Waals surface area contributed by atoms with Crippen molar-refractivity contribution in [3.63, 3.8) is 0 Å². The Balaban J connectivity index is 1.24. The number of hydrogen-bond acceptors (Lipinski definition) is 6. The molecule has 1 N–H and O–H groups in total. The van der Waals surface area contributed by atoms with Gasteiger partial charge in [0.15, 0.2) is 5.13 Å². The smallest absolute Gasteiger partial charge is 0.265 e. The molecule has 2 aromatic rings. The van der Waals surface area contributed by atoms with E-state index in [2.05, 4.69) is 15.3 Å². The van der Waals surface area contributed by atoms with E-state index in [1.54, 1.807) is 25.8 Å². The summed E-state index contributed by atoms with van der Waals surface area (Å²) in [4.78, 5) is 37.7. The fourth-order valence-electron chi connectivity index (χ4n) is 3.89. The molecule has 1 spiro atoms. The fraction of sp³-hybridized carbons (Fsp3) is 0.556. The number of piperidine rings is 1. The van der Waals surface area contributed by atoms with Crippen molar-refractivity contribution in [1.82, 2.24) is 24.3 Å². The van der Waals surface area contributed by atoms with Gasteiger partial charge < -0.3 is 19.7 Å². The van der Waals surface area contributed by atoms with Crippen LogP contribution in [0.25, 0.3) is 0 Å². The predicted molar refractivity (Wildman–Crippen MR) is 103 cm³/mol. The number of imidazole rings is 1. The van der Waals surface area contributed by atoms with E-state index in [4.69, 9.17) is 0 Å². The van der Waals surface area contributed by atoms with Gasteiger partial charge in [0.25, 0.3) is 5.91 Å². The number of aryl methyl sites for hydroxylation is 1. The molecule has 0 radical (unpaired) electrons. The first-order chi connectivity index (χ1) is 13.1. The molecule has 0 unspecified atom stereocenters. The van der Waals surface area contributed by atoms with Crippen LogP contribution in [0.5, 0.6) is 0 Å². The molecule has 0 aliphatic carbocycles.